The maximum absolute atomic E-state index is 12.3. The molecule has 0 aromatic heterocycles. The van der Waals surface area contributed by atoms with Gasteiger partial charge < -0.3 is 15.0 Å². The van der Waals surface area contributed by atoms with Gasteiger partial charge >= 0.3 is 12.0 Å². The van der Waals surface area contributed by atoms with Crippen molar-refractivity contribution in [1.82, 2.24) is 10.6 Å². The van der Waals surface area contributed by atoms with Crippen LogP contribution in [0.15, 0.2) is 18.2 Å². The summed E-state index contributed by atoms with van der Waals surface area (Å²) in [5.74, 6) is -1.67. The molecule has 10 heteroatoms. The number of nitro benzene ring substituents is 1. The van der Waals surface area contributed by atoms with Gasteiger partial charge in [-0.05, 0) is 31.9 Å². The van der Waals surface area contributed by atoms with Gasteiger partial charge in [0.05, 0.1) is 10.5 Å². The number of ether oxygens (including phenoxy) is 1. The van der Waals surface area contributed by atoms with Crippen LogP contribution in [0, 0.1) is 10.1 Å². The minimum absolute atomic E-state index is 0.0326. The van der Waals surface area contributed by atoms with E-state index in [2.05, 4.69) is 10.6 Å². The van der Waals surface area contributed by atoms with Crippen LogP contribution in [0.1, 0.15) is 49.4 Å². The van der Waals surface area contributed by atoms with Crippen LogP contribution in [0.5, 0.6) is 0 Å². The zero-order valence-corrected chi connectivity index (χ0v) is 16.8. The molecule has 1 aliphatic rings. The second-order valence-electron chi connectivity index (χ2n) is 7.20. The van der Waals surface area contributed by atoms with Crippen LogP contribution in [-0.2, 0) is 9.53 Å². The third-order valence-electron chi connectivity index (χ3n) is 4.72. The fourth-order valence-electron chi connectivity index (χ4n) is 3.14. The first-order valence-corrected chi connectivity index (χ1v) is 9.47. The number of esters is 1. The zero-order valence-electron chi connectivity index (χ0n) is 16.8. The van der Waals surface area contributed by atoms with Gasteiger partial charge in [0, 0.05) is 26.2 Å². The van der Waals surface area contributed by atoms with E-state index in [1.807, 2.05) is 0 Å². The highest BCUT2D eigenvalue weighted by molar-refractivity contribution is 5.99. The maximum Gasteiger partial charge on any atom is 0.339 e. The van der Waals surface area contributed by atoms with E-state index in [1.165, 1.54) is 19.1 Å². The van der Waals surface area contributed by atoms with Gasteiger partial charge in [0.1, 0.15) is 5.69 Å². The van der Waals surface area contributed by atoms with E-state index in [4.69, 9.17) is 4.74 Å². The lowest BCUT2D eigenvalue weighted by Gasteiger charge is -2.23. The lowest BCUT2D eigenvalue weighted by atomic mass is 9.96. The minimum Gasteiger partial charge on any atom is -0.449 e. The topological polar surface area (TPSA) is 131 Å². The highest BCUT2D eigenvalue weighted by Crippen LogP contribution is 2.28. The standard InChI is InChI=1S/C19H26N4O6/c1-12(17(24)21-19(26)20-14-7-5-4-6-8-14)29-18(25)13-9-10-15(22(2)3)16(11-13)23(27)28/h9-12,14H,4-8H2,1-3H3,(H2,20,21,24,26)/t12-/m0/s1. The van der Waals surface area contributed by atoms with Crippen LogP contribution in [0.2, 0.25) is 0 Å². The summed E-state index contributed by atoms with van der Waals surface area (Å²) in [5.41, 5.74) is 0.0127. The Hall–Kier alpha value is -3.17. The number of hydrogen-bond acceptors (Lipinski definition) is 7. The first kappa shape index (κ1) is 22.1. The number of carbonyl (C=O) groups is 3. The van der Waals surface area contributed by atoms with Crippen LogP contribution in [0.25, 0.3) is 0 Å². The number of benzene rings is 1. The smallest absolute Gasteiger partial charge is 0.339 e. The van der Waals surface area contributed by atoms with Crippen molar-refractivity contribution in [2.45, 2.75) is 51.2 Å². The van der Waals surface area contributed by atoms with Gasteiger partial charge in [-0.1, -0.05) is 19.3 Å². The monoisotopic (exact) mass is 406 g/mol. The van der Waals surface area contributed by atoms with E-state index in [0.29, 0.717) is 5.69 Å². The van der Waals surface area contributed by atoms with E-state index < -0.39 is 28.9 Å². The SMILES string of the molecule is C[C@H](OC(=O)c1ccc(N(C)C)c([N+](=O)[O-])c1)C(=O)NC(=O)NC1CCCCC1. The third-order valence-corrected chi connectivity index (χ3v) is 4.72. The van der Waals surface area contributed by atoms with Crippen LogP contribution in [-0.4, -0.2) is 49.1 Å². The molecule has 29 heavy (non-hydrogen) atoms. The van der Waals surface area contributed by atoms with Gasteiger partial charge in [-0.15, -0.1) is 0 Å². The number of carbonyl (C=O) groups excluding carboxylic acids is 3. The predicted octanol–water partition coefficient (Wildman–Crippen LogP) is 2.36. The summed E-state index contributed by atoms with van der Waals surface area (Å²) < 4.78 is 5.06. The fraction of sp³-hybridized carbons (Fsp3) is 0.526. The number of nitrogens with zero attached hydrogens (tertiary/aromatic N) is 2. The Kier molecular flexibility index (Phi) is 7.52. The summed E-state index contributed by atoms with van der Waals surface area (Å²) in [6.45, 7) is 1.32. The molecule has 158 valence electrons. The highest BCUT2D eigenvalue weighted by atomic mass is 16.6. The second kappa shape index (κ2) is 9.85. The van der Waals surface area contributed by atoms with Gasteiger partial charge in [0.15, 0.2) is 6.10 Å². The molecule has 1 fully saturated rings. The Balaban J connectivity index is 1.95. The summed E-state index contributed by atoms with van der Waals surface area (Å²) in [7, 11) is 3.29. The van der Waals surface area contributed by atoms with E-state index in [-0.39, 0.29) is 17.3 Å². The second-order valence-corrected chi connectivity index (χ2v) is 7.20. The molecule has 10 nitrogen and oxygen atoms in total. The largest absolute Gasteiger partial charge is 0.449 e. The van der Waals surface area contributed by atoms with Crippen LogP contribution >= 0.6 is 0 Å². The first-order valence-electron chi connectivity index (χ1n) is 9.47. The summed E-state index contributed by atoms with van der Waals surface area (Å²) in [4.78, 5) is 48.5. The van der Waals surface area contributed by atoms with Crippen molar-refractivity contribution in [1.29, 1.82) is 0 Å². The van der Waals surface area contributed by atoms with E-state index in [0.717, 1.165) is 38.2 Å². The number of amides is 3. The number of nitrogens with one attached hydrogen (secondary N) is 2. The van der Waals surface area contributed by atoms with Crippen molar-refractivity contribution < 1.29 is 24.0 Å². The molecule has 0 saturated heterocycles. The Labute approximate surface area is 168 Å². The first-order chi connectivity index (χ1) is 13.7. The molecule has 1 aromatic rings. The highest BCUT2D eigenvalue weighted by Gasteiger charge is 2.24. The summed E-state index contributed by atoms with van der Waals surface area (Å²) in [5, 5.41) is 16.1. The summed E-state index contributed by atoms with van der Waals surface area (Å²) in [6.07, 6.45) is 3.70. The number of rotatable bonds is 6. The molecule has 3 amide bonds. The molecule has 0 heterocycles. The van der Waals surface area contributed by atoms with Crippen LogP contribution in [0.4, 0.5) is 16.2 Å². The fourth-order valence-corrected chi connectivity index (χ4v) is 3.14. The van der Waals surface area contributed by atoms with Crippen molar-refractivity contribution in [3.05, 3.63) is 33.9 Å². The minimum atomic E-state index is -1.24. The predicted molar refractivity (Wildman–Crippen MR) is 106 cm³/mol. The van der Waals surface area contributed by atoms with Gasteiger partial charge in [-0.2, -0.15) is 0 Å². The van der Waals surface area contributed by atoms with Crippen LogP contribution < -0.4 is 15.5 Å². The van der Waals surface area contributed by atoms with E-state index in [9.17, 15) is 24.5 Å². The Morgan fingerprint density at radius 2 is 1.86 bits per heavy atom. The molecular formula is C19H26N4O6. The Morgan fingerprint density at radius 1 is 1.21 bits per heavy atom. The molecule has 1 atom stereocenters. The third kappa shape index (κ3) is 6.16. The Morgan fingerprint density at radius 3 is 2.45 bits per heavy atom. The summed E-state index contributed by atoms with van der Waals surface area (Å²) >= 11 is 0. The molecule has 0 radical (unpaired) electrons. The lowest BCUT2D eigenvalue weighted by Crippen LogP contribution is -2.48. The molecule has 1 aliphatic carbocycles. The molecule has 1 aromatic carbocycles. The number of imide groups is 1. The van der Waals surface area contributed by atoms with Crippen molar-refractivity contribution in [2.24, 2.45) is 0 Å². The molecule has 1 saturated carbocycles. The molecule has 0 bridgehead atoms. The van der Waals surface area contributed by atoms with Gasteiger partial charge in [0.2, 0.25) is 0 Å². The Bertz CT molecular complexity index is 789. The zero-order chi connectivity index (χ0) is 21.6. The lowest BCUT2D eigenvalue weighted by molar-refractivity contribution is -0.384. The average molecular weight is 406 g/mol. The molecule has 0 spiro atoms. The molecule has 2 N–H and O–H groups in total. The van der Waals surface area contributed by atoms with E-state index in [1.54, 1.807) is 19.0 Å². The van der Waals surface area contributed by atoms with Gasteiger partial charge in [-0.3, -0.25) is 20.2 Å². The quantitative estimate of drug-likeness (QED) is 0.421. The van der Waals surface area contributed by atoms with Crippen molar-refractivity contribution in [2.75, 3.05) is 19.0 Å². The number of urea groups is 1. The number of nitro groups is 1. The normalized spacial score (nSPS) is 15.1. The van der Waals surface area contributed by atoms with Gasteiger partial charge in [-0.25, -0.2) is 9.59 Å². The van der Waals surface area contributed by atoms with Crippen molar-refractivity contribution in [3.8, 4) is 0 Å². The van der Waals surface area contributed by atoms with Gasteiger partial charge in [0.25, 0.3) is 11.6 Å². The number of hydrogen-bond donors (Lipinski definition) is 2. The summed E-state index contributed by atoms with van der Waals surface area (Å²) in [6, 6.07) is 3.31. The number of anilines is 1. The average Bonchev–Trinajstić information content (AvgIpc) is 2.67. The van der Waals surface area contributed by atoms with Crippen LogP contribution in [0.3, 0.4) is 0 Å². The van der Waals surface area contributed by atoms with E-state index >= 15 is 0 Å². The molecule has 0 aliphatic heterocycles. The molecule has 0 unspecified atom stereocenters. The van der Waals surface area contributed by atoms with Crippen molar-refractivity contribution in [3.63, 3.8) is 0 Å². The molecule has 2 rings (SSSR count). The molecular weight excluding hydrogens is 380 g/mol. The maximum atomic E-state index is 12.3. The van der Waals surface area contributed by atoms with Crippen molar-refractivity contribution >= 4 is 29.3 Å².